The van der Waals surface area contributed by atoms with Crippen molar-refractivity contribution in [1.82, 2.24) is 29.3 Å². The minimum Gasteiger partial charge on any atom is -0.473 e. The molecular formula is C19H20N6O2. The number of nitrogens with zero attached hydrogens (tertiary/aromatic N) is 6. The molecule has 3 aromatic heterocycles. The molecule has 1 saturated heterocycles. The van der Waals surface area contributed by atoms with Crippen LogP contribution in [0, 0.1) is 12.3 Å². The largest absolute Gasteiger partial charge is 0.473 e. The van der Waals surface area contributed by atoms with Crippen molar-refractivity contribution in [3.63, 3.8) is 0 Å². The third-order valence-electron chi connectivity index (χ3n) is 4.72. The van der Waals surface area contributed by atoms with Gasteiger partial charge >= 0.3 is 0 Å². The Morgan fingerprint density at radius 2 is 2.19 bits per heavy atom. The molecule has 4 heterocycles. The van der Waals surface area contributed by atoms with Gasteiger partial charge in [-0.1, -0.05) is 0 Å². The lowest BCUT2D eigenvalue weighted by atomic mass is 10.1. The van der Waals surface area contributed by atoms with E-state index >= 15 is 0 Å². The van der Waals surface area contributed by atoms with Gasteiger partial charge in [0.15, 0.2) is 0 Å². The molecule has 1 amide bonds. The molecule has 0 aromatic carbocycles. The molecule has 8 nitrogen and oxygen atoms in total. The van der Waals surface area contributed by atoms with Gasteiger partial charge in [0.2, 0.25) is 5.88 Å². The van der Waals surface area contributed by atoms with Crippen molar-refractivity contribution in [1.29, 1.82) is 0 Å². The molecule has 27 heavy (non-hydrogen) atoms. The number of carbonyl (C=O) groups excluding carboxylic acids is 1. The lowest BCUT2D eigenvalue weighted by Gasteiger charge is -2.18. The maximum atomic E-state index is 11.7. The Kier molecular flexibility index (Phi) is 4.50. The summed E-state index contributed by atoms with van der Waals surface area (Å²) in [5.74, 6) is 2.47. The molecule has 8 heteroatoms. The van der Waals surface area contributed by atoms with Gasteiger partial charge in [-0.15, -0.1) is 6.42 Å². The highest BCUT2D eigenvalue weighted by atomic mass is 16.5. The van der Waals surface area contributed by atoms with Gasteiger partial charge in [0.1, 0.15) is 11.6 Å². The van der Waals surface area contributed by atoms with Crippen LogP contribution in [-0.2, 0) is 11.8 Å². The van der Waals surface area contributed by atoms with E-state index < -0.39 is 0 Å². The summed E-state index contributed by atoms with van der Waals surface area (Å²) in [5, 5.41) is 8.53. The summed E-state index contributed by atoms with van der Waals surface area (Å²) in [5.41, 5.74) is 2.45. The van der Waals surface area contributed by atoms with Gasteiger partial charge in [0, 0.05) is 38.3 Å². The second kappa shape index (κ2) is 7.11. The topological polar surface area (TPSA) is 77.6 Å². The molecule has 0 bridgehead atoms. The number of likely N-dealkylation sites (tertiary alicyclic amines) is 1. The Morgan fingerprint density at radius 3 is 2.96 bits per heavy atom. The molecule has 4 rings (SSSR count). The monoisotopic (exact) mass is 364 g/mol. The number of fused-ring (bicyclic) bond motifs is 1. The van der Waals surface area contributed by atoms with Crippen molar-refractivity contribution >= 4 is 11.4 Å². The van der Waals surface area contributed by atoms with Crippen molar-refractivity contribution in [3.05, 3.63) is 30.9 Å². The number of aromatic nitrogens is 5. The zero-order valence-corrected chi connectivity index (χ0v) is 15.1. The summed E-state index contributed by atoms with van der Waals surface area (Å²) < 4.78 is 9.74. The quantitative estimate of drug-likeness (QED) is 0.659. The second-order valence-electron chi connectivity index (χ2n) is 6.60. The van der Waals surface area contributed by atoms with E-state index in [9.17, 15) is 4.79 Å². The van der Waals surface area contributed by atoms with E-state index in [-0.39, 0.29) is 12.0 Å². The van der Waals surface area contributed by atoms with Gasteiger partial charge in [0.05, 0.1) is 24.3 Å². The standard InChI is InChI=1S/C19H20N6O2/c1-3-18(26)24-9-4-5-15(7-10-24)27-19-17-6-8-20-25(17)13-16(22-19)14-11-21-23(2)12-14/h1,6,8,11-13,15H,4-5,7,9-10H2,2H3. The average Bonchev–Trinajstić information content (AvgIpc) is 3.26. The van der Waals surface area contributed by atoms with Gasteiger partial charge in [-0.2, -0.15) is 10.2 Å². The van der Waals surface area contributed by atoms with Crippen LogP contribution in [0.1, 0.15) is 19.3 Å². The Hall–Kier alpha value is -3.34. The predicted molar refractivity (Wildman–Crippen MR) is 98.9 cm³/mol. The Bertz CT molecular complexity index is 1010. The SMILES string of the molecule is C#CC(=O)N1CCCC(Oc2nc(-c3cnn(C)c3)cn3nccc23)CC1. The molecule has 0 N–H and O–H groups in total. The van der Waals surface area contributed by atoms with E-state index in [4.69, 9.17) is 16.1 Å². The van der Waals surface area contributed by atoms with Crippen LogP contribution in [0.4, 0.5) is 0 Å². The first-order valence-corrected chi connectivity index (χ1v) is 8.89. The number of rotatable bonds is 3. The minimum atomic E-state index is -0.259. The molecule has 1 fully saturated rings. The van der Waals surface area contributed by atoms with Crippen LogP contribution < -0.4 is 4.74 Å². The summed E-state index contributed by atoms with van der Waals surface area (Å²) in [7, 11) is 1.86. The lowest BCUT2D eigenvalue weighted by Crippen LogP contribution is -2.31. The number of hydrogen-bond donors (Lipinski definition) is 0. The average molecular weight is 364 g/mol. The lowest BCUT2D eigenvalue weighted by molar-refractivity contribution is -0.125. The second-order valence-corrected chi connectivity index (χ2v) is 6.60. The highest BCUT2D eigenvalue weighted by Crippen LogP contribution is 2.26. The highest BCUT2D eigenvalue weighted by Gasteiger charge is 2.22. The third-order valence-corrected chi connectivity index (χ3v) is 4.72. The van der Waals surface area contributed by atoms with E-state index in [1.807, 2.05) is 25.5 Å². The predicted octanol–water partition coefficient (Wildman–Crippen LogP) is 1.52. The summed E-state index contributed by atoms with van der Waals surface area (Å²) in [6.45, 7) is 1.25. The van der Waals surface area contributed by atoms with E-state index in [1.54, 1.807) is 26.5 Å². The van der Waals surface area contributed by atoms with Crippen LogP contribution >= 0.6 is 0 Å². The number of amides is 1. The fourth-order valence-corrected chi connectivity index (χ4v) is 3.31. The molecule has 0 aliphatic carbocycles. The molecule has 3 aromatic rings. The minimum absolute atomic E-state index is 0.0316. The molecule has 0 saturated carbocycles. The van der Waals surface area contributed by atoms with E-state index in [1.165, 1.54) is 0 Å². The van der Waals surface area contributed by atoms with Gasteiger partial charge < -0.3 is 9.64 Å². The Morgan fingerprint density at radius 1 is 1.30 bits per heavy atom. The summed E-state index contributed by atoms with van der Waals surface area (Å²) >= 11 is 0. The van der Waals surface area contributed by atoms with E-state index in [0.29, 0.717) is 25.4 Å². The highest BCUT2D eigenvalue weighted by molar-refractivity contribution is 5.92. The fraction of sp³-hybridized carbons (Fsp3) is 0.368. The molecular weight excluding hydrogens is 344 g/mol. The third kappa shape index (κ3) is 3.49. The van der Waals surface area contributed by atoms with Crippen molar-refractivity contribution in [2.24, 2.45) is 7.05 Å². The molecule has 138 valence electrons. The van der Waals surface area contributed by atoms with Crippen LogP contribution in [-0.4, -0.2) is 54.4 Å². The maximum Gasteiger partial charge on any atom is 0.298 e. The fourth-order valence-electron chi connectivity index (χ4n) is 3.31. The summed E-state index contributed by atoms with van der Waals surface area (Å²) in [6, 6.07) is 1.88. The van der Waals surface area contributed by atoms with E-state index in [0.717, 1.165) is 29.6 Å². The molecule has 0 radical (unpaired) electrons. The smallest absolute Gasteiger partial charge is 0.298 e. The van der Waals surface area contributed by atoms with Crippen molar-refractivity contribution < 1.29 is 9.53 Å². The molecule has 1 aliphatic rings. The molecule has 1 aliphatic heterocycles. The van der Waals surface area contributed by atoms with Crippen molar-refractivity contribution in [3.8, 4) is 29.5 Å². The van der Waals surface area contributed by atoms with Crippen molar-refractivity contribution in [2.75, 3.05) is 13.1 Å². The molecule has 1 unspecified atom stereocenters. The number of carbonyl (C=O) groups is 1. The van der Waals surface area contributed by atoms with Gasteiger partial charge in [-0.3, -0.25) is 9.48 Å². The molecule has 0 spiro atoms. The number of aryl methyl sites for hydroxylation is 1. The summed E-state index contributed by atoms with van der Waals surface area (Å²) in [4.78, 5) is 18.2. The first kappa shape index (κ1) is 17.1. The Balaban J connectivity index is 1.59. The van der Waals surface area contributed by atoms with Gasteiger partial charge in [0.25, 0.3) is 5.91 Å². The van der Waals surface area contributed by atoms with Crippen LogP contribution in [0.5, 0.6) is 5.88 Å². The maximum absolute atomic E-state index is 11.7. The van der Waals surface area contributed by atoms with Crippen LogP contribution in [0.3, 0.4) is 0 Å². The van der Waals surface area contributed by atoms with Gasteiger partial charge in [-0.25, -0.2) is 9.50 Å². The Labute approximate surface area is 156 Å². The van der Waals surface area contributed by atoms with Crippen LogP contribution in [0.15, 0.2) is 30.9 Å². The number of hydrogen-bond acceptors (Lipinski definition) is 5. The van der Waals surface area contributed by atoms with E-state index in [2.05, 4.69) is 16.1 Å². The number of ether oxygens (including phenoxy) is 1. The van der Waals surface area contributed by atoms with Crippen molar-refractivity contribution in [2.45, 2.75) is 25.4 Å². The normalized spacial score (nSPS) is 17.5. The zero-order valence-electron chi connectivity index (χ0n) is 15.1. The van der Waals surface area contributed by atoms with Gasteiger partial charge in [-0.05, 0) is 24.8 Å². The first-order valence-electron chi connectivity index (χ1n) is 8.89. The summed E-state index contributed by atoms with van der Waals surface area (Å²) in [6.07, 6.45) is 14.8. The van der Waals surface area contributed by atoms with Crippen LogP contribution in [0.25, 0.3) is 16.8 Å². The van der Waals surface area contributed by atoms with Crippen LogP contribution in [0.2, 0.25) is 0 Å². The first-order chi connectivity index (χ1) is 13.1. The number of terminal acetylenes is 1. The zero-order chi connectivity index (χ0) is 18.8. The molecule has 1 atom stereocenters.